The Kier molecular flexibility index (Phi) is 5.46. The average molecular weight is 365 g/mol. The highest BCUT2D eigenvalue weighted by Crippen LogP contribution is 2.23. The first kappa shape index (κ1) is 18.4. The molecule has 138 valence electrons. The standard InChI is InChI=1S/C18H27N3O3S/c1-13-7-8-15(18(22)21-10-9-19-12-14(21)2)11-17(13)25(23,24)20-16-5-3-4-6-16/h7-8,11,14,16,19-20H,3-6,9-10,12H2,1-2H3/t14-/m0/s1. The molecule has 1 saturated carbocycles. The maximum atomic E-state index is 12.8. The van der Waals surface area contributed by atoms with Crippen LogP contribution in [0, 0.1) is 6.92 Å². The fraction of sp³-hybridized carbons (Fsp3) is 0.611. The van der Waals surface area contributed by atoms with Crippen molar-refractivity contribution in [1.82, 2.24) is 14.9 Å². The summed E-state index contributed by atoms with van der Waals surface area (Å²) in [6, 6.07) is 5.09. The number of piperazine rings is 1. The normalized spacial score (nSPS) is 22.3. The van der Waals surface area contributed by atoms with E-state index in [0.29, 0.717) is 17.7 Å². The lowest BCUT2D eigenvalue weighted by Crippen LogP contribution is -2.52. The predicted molar refractivity (Wildman–Crippen MR) is 97.1 cm³/mol. The van der Waals surface area contributed by atoms with Crippen LogP contribution < -0.4 is 10.0 Å². The third-order valence-electron chi connectivity index (χ3n) is 5.16. The van der Waals surface area contributed by atoms with E-state index in [1.165, 1.54) is 6.07 Å². The monoisotopic (exact) mass is 365 g/mol. The smallest absolute Gasteiger partial charge is 0.254 e. The zero-order valence-corrected chi connectivity index (χ0v) is 15.7. The van der Waals surface area contributed by atoms with E-state index in [0.717, 1.165) is 38.8 Å². The second kappa shape index (κ2) is 7.43. The largest absolute Gasteiger partial charge is 0.333 e. The summed E-state index contributed by atoms with van der Waals surface area (Å²) in [4.78, 5) is 14.9. The first-order valence-electron chi connectivity index (χ1n) is 9.03. The minimum Gasteiger partial charge on any atom is -0.333 e. The fourth-order valence-corrected chi connectivity index (χ4v) is 5.23. The van der Waals surface area contributed by atoms with Crippen molar-refractivity contribution in [1.29, 1.82) is 0 Å². The molecule has 1 amide bonds. The molecule has 0 bridgehead atoms. The molecule has 1 aromatic rings. The number of nitrogens with one attached hydrogen (secondary N) is 2. The number of carbonyl (C=O) groups excluding carboxylic acids is 1. The summed E-state index contributed by atoms with van der Waals surface area (Å²) in [5.74, 6) is -0.105. The summed E-state index contributed by atoms with van der Waals surface area (Å²) < 4.78 is 28.4. The Hall–Kier alpha value is -1.44. The van der Waals surface area contributed by atoms with Crippen LogP contribution in [0.3, 0.4) is 0 Å². The van der Waals surface area contributed by atoms with Gasteiger partial charge >= 0.3 is 0 Å². The Morgan fingerprint density at radius 3 is 2.68 bits per heavy atom. The minimum absolute atomic E-state index is 0.0111. The number of benzene rings is 1. The van der Waals surface area contributed by atoms with Gasteiger partial charge in [0.1, 0.15) is 0 Å². The molecular formula is C18H27N3O3S. The Labute approximate surface area is 150 Å². The molecule has 25 heavy (non-hydrogen) atoms. The fourth-order valence-electron chi connectivity index (χ4n) is 3.66. The lowest BCUT2D eigenvalue weighted by molar-refractivity contribution is 0.0655. The van der Waals surface area contributed by atoms with Gasteiger partial charge in [-0.15, -0.1) is 0 Å². The molecule has 7 heteroatoms. The zero-order chi connectivity index (χ0) is 18.0. The van der Waals surface area contributed by atoms with E-state index in [4.69, 9.17) is 0 Å². The highest BCUT2D eigenvalue weighted by molar-refractivity contribution is 7.89. The number of hydrogen-bond acceptors (Lipinski definition) is 4. The Morgan fingerprint density at radius 2 is 2.00 bits per heavy atom. The summed E-state index contributed by atoms with van der Waals surface area (Å²) in [6.07, 6.45) is 3.89. The summed E-state index contributed by atoms with van der Waals surface area (Å²) in [5.41, 5.74) is 1.10. The van der Waals surface area contributed by atoms with Crippen molar-refractivity contribution < 1.29 is 13.2 Å². The SMILES string of the molecule is Cc1ccc(C(=O)N2CCNC[C@@H]2C)cc1S(=O)(=O)NC1CCCC1. The first-order chi connectivity index (χ1) is 11.9. The topological polar surface area (TPSA) is 78.5 Å². The summed E-state index contributed by atoms with van der Waals surface area (Å²) in [7, 11) is -3.61. The van der Waals surface area contributed by atoms with E-state index in [2.05, 4.69) is 10.0 Å². The van der Waals surface area contributed by atoms with Crippen molar-refractivity contribution in [3.8, 4) is 0 Å². The highest BCUT2D eigenvalue weighted by Gasteiger charge is 2.27. The Balaban J connectivity index is 1.85. The van der Waals surface area contributed by atoms with Crippen molar-refractivity contribution in [2.75, 3.05) is 19.6 Å². The molecule has 6 nitrogen and oxygen atoms in total. The second-order valence-electron chi connectivity index (χ2n) is 7.13. The number of rotatable bonds is 4. The van der Waals surface area contributed by atoms with E-state index >= 15 is 0 Å². The molecule has 2 N–H and O–H groups in total. The molecule has 0 spiro atoms. The van der Waals surface area contributed by atoms with Crippen LogP contribution in [0.4, 0.5) is 0 Å². The summed E-state index contributed by atoms with van der Waals surface area (Å²) in [6.45, 7) is 5.92. The molecule has 1 aromatic carbocycles. The number of hydrogen-bond donors (Lipinski definition) is 2. The Morgan fingerprint density at radius 1 is 1.28 bits per heavy atom. The average Bonchev–Trinajstić information content (AvgIpc) is 3.07. The highest BCUT2D eigenvalue weighted by atomic mass is 32.2. The van der Waals surface area contributed by atoms with E-state index in [-0.39, 0.29) is 22.9 Å². The number of sulfonamides is 1. The van der Waals surface area contributed by atoms with E-state index in [1.807, 2.05) is 11.8 Å². The minimum atomic E-state index is -3.61. The Bertz CT molecular complexity index is 742. The van der Waals surface area contributed by atoms with Gasteiger partial charge < -0.3 is 10.2 Å². The van der Waals surface area contributed by atoms with Gasteiger partial charge in [-0.25, -0.2) is 13.1 Å². The molecule has 0 unspecified atom stereocenters. The van der Waals surface area contributed by atoms with Gasteiger partial charge in [0.25, 0.3) is 5.91 Å². The van der Waals surface area contributed by atoms with E-state index in [1.54, 1.807) is 19.1 Å². The molecule has 1 aliphatic carbocycles. The van der Waals surface area contributed by atoms with Crippen molar-refractivity contribution in [2.45, 2.75) is 56.5 Å². The predicted octanol–water partition coefficient (Wildman–Crippen LogP) is 1.65. The molecular weight excluding hydrogens is 338 g/mol. The van der Waals surface area contributed by atoms with Gasteiger partial charge in [-0.05, 0) is 44.4 Å². The van der Waals surface area contributed by atoms with Gasteiger partial charge in [0.15, 0.2) is 0 Å². The lowest BCUT2D eigenvalue weighted by Gasteiger charge is -2.34. The maximum absolute atomic E-state index is 12.8. The van der Waals surface area contributed by atoms with Crippen LogP contribution in [-0.2, 0) is 10.0 Å². The molecule has 0 aromatic heterocycles. The third-order valence-corrected chi connectivity index (χ3v) is 6.83. The number of aryl methyl sites for hydroxylation is 1. The molecule has 1 atom stereocenters. The van der Waals surface area contributed by atoms with Crippen LogP contribution in [0.25, 0.3) is 0 Å². The van der Waals surface area contributed by atoms with Crippen LogP contribution in [0.1, 0.15) is 48.5 Å². The molecule has 0 radical (unpaired) electrons. The molecule has 2 fully saturated rings. The van der Waals surface area contributed by atoms with Crippen LogP contribution >= 0.6 is 0 Å². The molecule has 1 saturated heterocycles. The van der Waals surface area contributed by atoms with E-state index < -0.39 is 10.0 Å². The number of nitrogens with zero attached hydrogens (tertiary/aromatic N) is 1. The van der Waals surface area contributed by atoms with E-state index in [9.17, 15) is 13.2 Å². The molecule has 2 aliphatic rings. The van der Waals surface area contributed by atoms with Crippen LogP contribution in [0.2, 0.25) is 0 Å². The second-order valence-corrected chi connectivity index (χ2v) is 8.82. The quantitative estimate of drug-likeness (QED) is 0.850. The first-order valence-corrected chi connectivity index (χ1v) is 10.5. The maximum Gasteiger partial charge on any atom is 0.254 e. The van der Waals surface area contributed by atoms with Crippen molar-refractivity contribution in [2.24, 2.45) is 0 Å². The van der Waals surface area contributed by atoms with Gasteiger partial charge in [-0.2, -0.15) is 0 Å². The van der Waals surface area contributed by atoms with Crippen LogP contribution in [0.5, 0.6) is 0 Å². The van der Waals surface area contributed by atoms with Gasteiger partial charge in [-0.3, -0.25) is 4.79 Å². The van der Waals surface area contributed by atoms with Crippen LogP contribution in [-0.4, -0.2) is 50.9 Å². The van der Waals surface area contributed by atoms with Gasteiger partial charge in [0.05, 0.1) is 4.90 Å². The molecule has 1 aliphatic heterocycles. The van der Waals surface area contributed by atoms with Crippen LogP contribution in [0.15, 0.2) is 23.1 Å². The summed E-state index contributed by atoms with van der Waals surface area (Å²) >= 11 is 0. The molecule has 3 rings (SSSR count). The zero-order valence-electron chi connectivity index (χ0n) is 14.9. The lowest BCUT2D eigenvalue weighted by atomic mass is 10.1. The van der Waals surface area contributed by atoms with Gasteiger partial charge in [0.2, 0.25) is 10.0 Å². The van der Waals surface area contributed by atoms with Gasteiger partial charge in [-0.1, -0.05) is 18.9 Å². The third kappa shape index (κ3) is 4.04. The van der Waals surface area contributed by atoms with Gasteiger partial charge in [0, 0.05) is 37.3 Å². The van der Waals surface area contributed by atoms with Crippen molar-refractivity contribution >= 4 is 15.9 Å². The summed E-state index contributed by atoms with van der Waals surface area (Å²) in [5, 5.41) is 3.26. The number of amides is 1. The van der Waals surface area contributed by atoms with Crippen molar-refractivity contribution in [3.05, 3.63) is 29.3 Å². The molecule has 1 heterocycles. The van der Waals surface area contributed by atoms with Crippen molar-refractivity contribution in [3.63, 3.8) is 0 Å². The number of carbonyl (C=O) groups is 1.